The lowest BCUT2D eigenvalue weighted by molar-refractivity contribution is 0.0198. The number of aromatic nitrogens is 1. The van der Waals surface area contributed by atoms with E-state index in [2.05, 4.69) is 53.2 Å². The molecular weight excluding hydrogens is 260 g/mol. The Kier molecular flexibility index (Phi) is 4.32. The number of rotatable bonds is 3. The Labute approximate surface area is 126 Å². The van der Waals surface area contributed by atoms with Crippen LogP contribution in [-0.4, -0.2) is 36.2 Å². The molecule has 110 valence electrons. The zero-order valence-corrected chi connectivity index (χ0v) is 12.7. The molecule has 1 aliphatic rings. The third-order valence-corrected chi connectivity index (χ3v) is 4.23. The lowest BCUT2D eigenvalue weighted by atomic mass is 10.0. The standard InChI is InChI=1S/C18H22N2O/c1-14-3-4-18(13-19-14)17-7-5-16(6-8-17)15(2)20-9-11-21-12-10-20/h3-8,13,15H,9-12H2,1-2H3/t15-/m1/s1. The lowest BCUT2D eigenvalue weighted by Crippen LogP contribution is -2.37. The van der Waals surface area contributed by atoms with E-state index < -0.39 is 0 Å². The summed E-state index contributed by atoms with van der Waals surface area (Å²) in [6, 6.07) is 13.5. The van der Waals surface area contributed by atoms with Crippen molar-refractivity contribution >= 4 is 0 Å². The molecule has 0 N–H and O–H groups in total. The average molecular weight is 282 g/mol. The maximum atomic E-state index is 5.42. The van der Waals surface area contributed by atoms with Gasteiger partial charge in [0, 0.05) is 36.6 Å². The van der Waals surface area contributed by atoms with Crippen LogP contribution < -0.4 is 0 Å². The van der Waals surface area contributed by atoms with E-state index in [1.54, 1.807) is 0 Å². The third-order valence-electron chi connectivity index (χ3n) is 4.23. The molecule has 0 radical (unpaired) electrons. The van der Waals surface area contributed by atoms with Gasteiger partial charge in [-0.1, -0.05) is 30.3 Å². The Morgan fingerprint density at radius 3 is 2.29 bits per heavy atom. The fourth-order valence-corrected chi connectivity index (χ4v) is 2.77. The highest BCUT2D eigenvalue weighted by Gasteiger charge is 2.18. The maximum absolute atomic E-state index is 5.42. The molecule has 1 fully saturated rings. The van der Waals surface area contributed by atoms with Crippen LogP contribution in [0.1, 0.15) is 24.2 Å². The predicted molar refractivity (Wildman–Crippen MR) is 85.2 cm³/mol. The number of aryl methyl sites for hydroxylation is 1. The summed E-state index contributed by atoms with van der Waals surface area (Å²) in [5.74, 6) is 0. The monoisotopic (exact) mass is 282 g/mol. The van der Waals surface area contributed by atoms with Gasteiger partial charge in [-0.2, -0.15) is 0 Å². The van der Waals surface area contributed by atoms with E-state index >= 15 is 0 Å². The number of benzene rings is 1. The first-order valence-electron chi connectivity index (χ1n) is 7.59. The molecule has 0 unspecified atom stereocenters. The number of pyridine rings is 1. The molecule has 1 saturated heterocycles. The van der Waals surface area contributed by atoms with Crippen molar-refractivity contribution in [1.82, 2.24) is 9.88 Å². The first-order valence-corrected chi connectivity index (χ1v) is 7.59. The van der Waals surface area contributed by atoms with E-state index in [1.807, 2.05) is 13.1 Å². The summed E-state index contributed by atoms with van der Waals surface area (Å²) in [6.45, 7) is 8.01. The van der Waals surface area contributed by atoms with Gasteiger partial charge in [-0.25, -0.2) is 0 Å². The second-order valence-corrected chi connectivity index (χ2v) is 5.63. The molecule has 1 aromatic carbocycles. The Hall–Kier alpha value is -1.71. The number of hydrogen-bond donors (Lipinski definition) is 0. The van der Waals surface area contributed by atoms with E-state index in [0.717, 1.165) is 32.0 Å². The van der Waals surface area contributed by atoms with E-state index in [0.29, 0.717) is 6.04 Å². The number of morpholine rings is 1. The van der Waals surface area contributed by atoms with Gasteiger partial charge in [-0.15, -0.1) is 0 Å². The van der Waals surface area contributed by atoms with Crippen LogP contribution in [0.4, 0.5) is 0 Å². The Morgan fingerprint density at radius 2 is 1.67 bits per heavy atom. The van der Waals surface area contributed by atoms with Crippen molar-refractivity contribution < 1.29 is 4.74 Å². The molecule has 21 heavy (non-hydrogen) atoms. The highest BCUT2D eigenvalue weighted by atomic mass is 16.5. The van der Waals surface area contributed by atoms with Crippen LogP contribution in [0.3, 0.4) is 0 Å². The molecule has 0 aliphatic carbocycles. The van der Waals surface area contributed by atoms with Crippen molar-refractivity contribution in [1.29, 1.82) is 0 Å². The van der Waals surface area contributed by atoms with E-state index in [1.165, 1.54) is 16.7 Å². The number of nitrogens with zero attached hydrogens (tertiary/aromatic N) is 2. The van der Waals surface area contributed by atoms with Crippen LogP contribution in [-0.2, 0) is 4.74 Å². The maximum Gasteiger partial charge on any atom is 0.0594 e. The summed E-state index contributed by atoms with van der Waals surface area (Å²) in [7, 11) is 0. The van der Waals surface area contributed by atoms with Crippen molar-refractivity contribution in [2.24, 2.45) is 0 Å². The molecule has 0 bridgehead atoms. The minimum atomic E-state index is 0.444. The first kappa shape index (κ1) is 14.2. The normalized spacial score (nSPS) is 17.6. The zero-order valence-electron chi connectivity index (χ0n) is 12.7. The van der Waals surface area contributed by atoms with Crippen molar-refractivity contribution in [2.75, 3.05) is 26.3 Å². The minimum absolute atomic E-state index is 0.444. The van der Waals surface area contributed by atoms with Gasteiger partial charge in [0.25, 0.3) is 0 Å². The van der Waals surface area contributed by atoms with Crippen LogP contribution in [0.5, 0.6) is 0 Å². The van der Waals surface area contributed by atoms with Crippen LogP contribution in [0, 0.1) is 6.92 Å². The van der Waals surface area contributed by atoms with E-state index in [4.69, 9.17) is 4.74 Å². The van der Waals surface area contributed by atoms with Gasteiger partial charge in [0.2, 0.25) is 0 Å². The topological polar surface area (TPSA) is 25.4 Å². The molecule has 1 aliphatic heterocycles. The summed E-state index contributed by atoms with van der Waals surface area (Å²) in [6.07, 6.45) is 1.94. The highest BCUT2D eigenvalue weighted by molar-refractivity contribution is 5.62. The highest BCUT2D eigenvalue weighted by Crippen LogP contribution is 2.25. The van der Waals surface area contributed by atoms with Gasteiger partial charge < -0.3 is 4.74 Å². The zero-order chi connectivity index (χ0) is 14.7. The second-order valence-electron chi connectivity index (χ2n) is 5.63. The summed E-state index contributed by atoms with van der Waals surface area (Å²) >= 11 is 0. The summed E-state index contributed by atoms with van der Waals surface area (Å²) in [5.41, 5.74) is 4.81. The van der Waals surface area contributed by atoms with Crippen molar-refractivity contribution in [3.63, 3.8) is 0 Å². The molecule has 2 aromatic rings. The van der Waals surface area contributed by atoms with Crippen LogP contribution in [0.2, 0.25) is 0 Å². The van der Waals surface area contributed by atoms with Crippen molar-refractivity contribution in [3.8, 4) is 11.1 Å². The summed E-state index contributed by atoms with van der Waals surface area (Å²) in [5, 5.41) is 0. The van der Waals surface area contributed by atoms with Crippen molar-refractivity contribution in [3.05, 3.63) is 53.9 Å². The Morgan fingerprint density at radius 1 is 1.00 bits per heavy atom. The molecule has 3 rings (SSSR count). The lowest BCUT2D eigenvalue weighted by Gasteiger charge is -2.32. The number of ether oxygens (including phenoxy) is 1. The van der Waals surface area contributed by atoms with E-state index in [-0.39, 0.29) is 0 Å². The SMILES string of the molecule is Cc1ccc(-c2ccc([C@@H](C)N3CCOCC3)cc2)cn1. The van der Waals surface area contributed by atoms with Gasteiger partial charge in [0.15, 0.2) is 0 Å². The summed E-state index contributed by atoms with van der Waals surface area (Å²) in [4.78, 5) is 6.84. The van der Waals surface area contributed by atoms with Crippen molar-refractivity contribution in [2.45, 2.75) is 19.9 Å². The Balaban J connectivity index is 1.75. The number of hydrogen-bond acceptors (Lipinski definition) is 3. The molecule has 0 saturated carbocycles. The molecule has 1 atom stereocenters. The van der Waals surface area contributed by atoms with Crippen LogP contribution >= 0.6 is 0 Å². The molecule has 3 heteroatoms. The molecule has 0 spiro atoms. The van der Waals surface area contributed by atoms with Crippen LogP contribution in [0.15, 0.2) is 42.6 Å². The smallest absolute Gasteiger partial charge is 0.0594 e. The van der Waals surface area contributed by atoms with Crippen LogP contribution in [0.25, 0.3) is 11.1 Å². The fourth-order valence-electron chi connectivity index (χ4n) is 2.77. The van der Waals surface area contributed by atoms with E-state index in [9.17, 15) is 0 Å². The summed E-state index contributed by atoms with van der Waals surface area (Å²) < 4.78 is 5.42. The second kappa shape index (κ2) is 6.37. The van der Waals surface area contributed by atoms with Gasteiger partial charge in [0.05, 0.1) is 13.2 Å². The average Bonchev–Trinajstić information content (AvgIpc) is 2.56. The first-order chi connectivity index (χ1) is 10.2. The van der Waals surface area contributed by atoms with Gasteiger partial charge in [-0.3, -0.25) is 9.88 Å². The fraction of sp³-hybridized carbons (Fsp3) is 0.389. The molecular formula is C18H22N2O. The molecule has 2 heterocycles. The quantitative estimate of drug-likeness (QED) is 0.862. The van der Waals surface area contributed by atoms with Gasteiger partial charge >= 0.3 is 0 Å². The van der Waals surface area contributed by atoms with Gasteiger partial charge in [0.1, 0.15) is 0 Å². The molecule has 0 amide bonds. The van der Waals surface area contributed by atoms with Gasteiger partial charge in [-0.05, 0) is 31.0 Å². The molecule has 1 aromatic heterocycles. The predicted octanol–water partition coefficient (Wildman–Crippen LogP) is 3.45. The third kappa shape index (κ3) is 3.31. The minimum Gasteiger partial charge on any atom is -0.379 e. The molecule has 3 nitrogen and oxygen atoms in total. The Bertz CT molecular complexity index is 571. The largest absolute Gasteiger partial charge is 0.379 e.